The van der Waals surface area contributed by atoms with Gasteiger partial charge in [0.25, 0.3) is 5.91 Å². The largest absolute Gasteiger partial charge is 0.334 e. The molecular weight excluding hydrogens is 188 g/mol. The lowest BCUT2D eigenvalue weighted by Crippen LogP contribution is -2.42. The standard InChI is InChI=1S/C10H15F2NO/c11-9(12)10(14)13-6-5-7-3-1-2-4-8(7)13/h7-9H,1-6H2. The van der Waals surface area contributed by atoms with Crippen LogP contribution in [0.4, 0.5) is 8.78 Å². The second-order valence-electron chi connectivity index (χ2n) is 4.23. The Morgan fingerprint density at radius 1 is 1.21 bits per heavy atom. The van der Waals surface area contributed by atoms with Gasteiger partial charge in [0.2, 0.25) is 0 Å². The van der Waals surface area contributed by atoms with E-state index in [1.807, 2.05) is 0 Å². The van der Waals surface area contributed by atoms with Crippen LogP contribution in [0.5, 0.6) is 0 Å². The first-order valence-corrected chi connectivity index (χ1v) is 5.29. The van der Waals surface area contributed by atoms with Gasteiger partial charge in [0.15, 0.2) is 0 Å². The van der Waals surface area contributed by atoms with E-state index in [4.69, 9.17) is 0 Å². The highest BCUT2D eigenvalue weighted by Gasteiger charge is 2.40. The highest BCUT2D eigenvalue weighted by atomic mass is 19.3. The number of hydrogen-bond donors (Lipinski definition) is 0. The van der Waals surface area contributed by atoms with Gasteiger partial charge in [-0.3, -0.25) is 4.79 Å². The van der Waals surface area contributed by atoms with Crippen LogP contribution in [0.1, 0.15) is 32.1 Å². The molecule has 0 aromatic heterocycles. The summed E-state index contributed by atoms with van der Waals surface area (Å²) in [5, 5.41) is 0. The smallest absolute Gasteiger partial charge is 0.315 e. The van der Waals surface area contributed by atoms with E-state index in [9.17, 15) is 13.6 Å². The molecular formula is C10H15F2NO. The van der Waals surface area contributed by atoms with Crippen LogP contribution in [0.25, 0.3) is 0 Å². The summed E-state index contributed by atoms with van der Waals surface area (Å²) in [5.41, 5.74) is 0. The first-order chi connectivity index (χ1) is 6.70. The van der Waals surface area contributed by atoms with Crippen molar-refractivity contribution < 1.29 is 13.6 Å². The van der Waals surface area contributed by atoms with Crippen LogP contribution in [-0.4, -0.2) is 29.8 Å². The Morgan fingerprint density at radius 2 is 1.93 bits per heavy atom. The molecule has 1 saturated heterocycles. The Balaban J connectivity index is 2.03. The molecule has 14 heavy (non-hydrogen) atoms. The van der Waals surface area contributed by atoms with E-state index >= 15 is 0 Å². The van der Waals surface area contributed by atoms with Crippen molar-refractivity contribution in [2.75, 3.05) is 6.54 Å². The molecule has 1 heterocycles. The molecule has 2 nitrogen and oxygen atoms in total. The molecule has 1 aliphatic carbocycles. The molecule has 2 rings (SSSR count). The number of amides is 1. The van der Waals surface area contributed by atoms with Crippen molar-refractivity contribution in [3.8, 4) is 0 Å². The van der Waals surface area contributed by atoms with E-state index in [1.165, 1.54) is 11.3 Å². The van der Waals surface area contributed by atoms with Crippen LogP contribution in [-0.2, 0) is 4.79 Å². The molecule has 2 fully saturated rings. The van der Waals surface area contributed by atoms with Crippen LogP contribution < -0.4 is 0 Å². The zero-order valence-electron chi connectivity index (χ0n) is 8.09. The van der Waals surface area contributed by atoms with Crippen LogP contribution in [0.15, 0.2) is 0 Å². The van der Waals surface area contributed by atoms with Crippen molar-refractivity contribution in [2.24, 2.45) is 5.92 Å². The molecule has 1 saturated carbocycles. The lowest BCUT2D eigenvalue weighted by Gasteiger charge is -2.31. The van der Waals surface area contributed by atoms with Crippen LogP contribution in [0.2, 0.25) is 0 Å². The topological polar surface area (TPSA) is 20.3 Å². The van der Waals surface area contributed by atoms with Gasteiger partial charge in [-0.15, -0.1) is 0 Å². The predicted molar refractivity (Wildman–Crippen MR) is 48.1 cm³/mol. The average Bonchev–Trinajstić information content (AvgIpc) is 2.60. The highest BCUT2D eigenvalue weighted by molar-refractivity contribution is 5.80. The fraction of sp³-hybridized carbons (Fsp3) is 0.900. The molecule has 4 heteroatoms. The zero-order chi connectivity index (χ0) is 10.1. The Morgan fingerprint density at radius 3 is 2.64 bits per heavy atom. The molecule has 0 aromatic rings. The van der Waals surface area contributed by atoms with Crippen molar-refractivity contribution in [2.45, 2.75) is 44.6 Å². The minimum absolute atomic E-state index is 0.116. The van der Waals surface area contributed by atoms with Crippen molar-refractivity contribution in [1.82, 2.24) is 4.90 Å². The Kier molecular flexibility index (Phi) is 2.70. The van der Waals surface area contributed by atoms with Crippen molar-refractivity contribution in [3.63, 3.8) is 0 Å². The second-order valence-corrected chi connectivity index (χ2v) is 4.23. The summed E-state index contributed by atoms with van der Waals surface area (Å²) < 4.78 is 24.5. The molecule has 0 aromatic carbocycles. The molecule has 0 spiro atoms. The number of carbonyl (C=O) groups is 1. The third kappa shape index (κ3) is 1.62. The number of carbonyl (C=O) groups excluding carboxylic acids is 1. The first-order valence-electron chi connectivity index (χ1n) is 5.29. The van der Waals surface area contributed by atoms with E-state index in [0.717, 1.165) is 25.7 Å². The lowest BCUT2D eigenvalue weighted by atomic mass is 9.85. The monoisotopic (exact) mass is 203 g/mol. The number of alkyl halides is 2. The number of halogens is 2. The summed E-state index contributed by atoms with van der Waals surface area (Å²) in [7, 11) is 0. The average molecular weight is 203 g/mol. The molecule has 2 aliphatic rings. The van der Waals surface area contributed by atoms with Gasteiger partial charge >= 0.3 is 6.43 Å². The summed E-state index contributed by atoms with van der Waals surface area (Å²) in [6.45, 7) is 0.540. The molecule has 0 bridgehead atoms. The van der Waals surface area contributed by atoms with Gasteiger partial charge in [-0.05, 0) is 25.2 Å². The van der Waals surface area contributed by atoms with Gasteiger partial charge in [-0.25, -0.2) is 0 Å². The van der Waals surface area contributed by atoms with Gasteiger partial charge in [0.05, 0.1) is 0 Å². The maximum absolute atomic E-state index is 12.2. The van der Waals surface area contributed by atoms with E-state index < -0.39 is 12.3 Å². The molecule has 0 radical (unpaired) electrons. The molecule has 2 unspecified atom stereocenters. The van der Waals surface area contributed by atoms with Crippen molar-refractivity contribution >= 4 is 5.91 Å². The fourth-order valence-corrected chi connectivity index (χ4v) is 2.80. The minimum Gasteiger partial charge on any atom is -0.334 e. The normalized spacial score (nSPS) is 32.1. The molecule has 1 aliphatic heterocycles. The van der Waals surface area contributed by atoms with E-state index in [1.54, 1.807) is 0 Å². The van der Waals surface area contributed by atoms with Crippen LogP contribution in [0, 0.1) is 5.92 Å². The van der Waals surface area contributed by atoms with E-state index in [2.05, 4.69) is 0 Å². The predicted octanol–water partition coefficient (Wildman–Crippen LogP) is 2.04. The third-order valence-corrected chi connectivity index (χ3v) is 3.48. The maximum Gasteiger partial charge on any atom is 0.315 e. The summed E-state index contributed by atoms with van der Waals surface area (Å²) in [6.07, 6.45) is 2.39. The minimum atomic E-state index is -2.82. The SMILES string of the molecule is O=C(C(F)F)N1CCC2CCCCC21. The van der Waals surface area contributed by atoms with Gasteiger partial charge < -0.3 is 4.90 Å². The van der Waals surface area contributed by atoms with Crippen molar-refractivity contribution in [1.29, 1.82) is 0 Å². The maximum atomic E-state index is 12.2. The highest BCUT2D eigenvalue weighted by Crippen LogP contribution is 2.36. The summed E-state index contributed by atoms with van der Waals surface area (Å²) in [6, 6.07) is 0.116. The fourth-order valence-electron chi connectivity index (χ4n) is 2.80. The molecule has 1 amide bonds. The molecule has 0 N–H and O–H groups in total. The number of nitrogens with zero attached hydrogens (tertiary/aromatic N) is 1. The quantitative estimate of drug-likeness (QED) is 0.638. The molecule has 2 atom stereocenters. The zero-order valence-corrected chi connectivity index (χ0v) is 8.09. The summed E-state index contributed by atoms with van der Waals surface area (Å²) >= 11 is 0. The van der Waals surface area contributed by atoms with Crippen LogP contribution >= 0.6 is 0 Å². The first kappa shape index (κ1) is 9.87. The number of hydrogen-bond acceptors (Lipinski definition) is 1. The van der Waals surface area contributed by atoms with Gasteiger partial charge in [-0.1, -0.05) is 12.8 Å². The Labute approximate surface area is 82.3 Å². The van der Waals surface area contributed by atoms with E-state index in [-0.39, 0.29) is 6.04 Å². The second kappa shape index (κ2) is 3.83. The van der Waals surface area contributed by atoms with Crippen molar-refractivity contribution in [3.05, 3.63) is 0 Å². The number of likely N-dealkylation sites (tertiary alicyclic amines) is 1. The Hall–Kier alpha value is -0.670. The van der Waals surface area contributed by atoms with Gasteiger partial charge in [0, 0.05) is 12.6 Å². The van der Waals surface area contributed by atoms with E-state index in [0.29, 0.717) is 12.5 Å². The van der Waals surface area contributed by atoms with Gasteiger partial charge in [0.1, 0.15) is 0 Å². The van der Waals surface area contributed by atoms with Crippen LogP contribution in [0.3, 0.4) is 0 Å². The lowest BCUT2D eigenvalue weighted by molar-refractivity contribution is -0.144. The summed E-state index contributed by atoms with van der Waals surface area (Å²) in [5.74, 6) is -0.467. The third-order valence-electron chi connectivity index (χ3n) is 3.48. The number of fused-ring (bicyclic) bond motifs is 1. The molecule has 80 valence electrons. The summed E-state index contributed by atoms with van der Waals surface area (Å²) in [4.78, 5) is 12.6. The Bertz CT molecular complexity index is 232. The number of rotatable bonds is 1. The van der Waals surface area contributed by atoms with Gasteiger partial charge in [-0.2, -0.15) is 8.78 Å².